The summed E-state index contributed by atoms with van der Waals surface area (Å²) >= 11 is 0. The van der Waals surface area contributed by atoms with Crippen LogP contribution in [0, 0.1) is 13.8 Å². The zero-order valence-electron chi connectivity index (χ0n) is 14.3. The van der Waals surface area contributed by atoms with Crippen LogP contribution in [0.2, 0.25) is 0 Å². The van der Waals surface area contributed by atoms with Crippen LogP contribution < -0.4 is 5.32 Å². The van der Waals surface area contributed by atoms with Crippen molar-refractivity contribution in [2.24, 2.45) is 0 Å². The summed E-state index contributed by atoms with van der Waals surface area (Å²) in [4.78, 5) is 9.55. The number of hydrogen-bond acceptors (Lipinski definition) is 3. The minimum Gasteiger partial charge on any atom is -0.319 e. The van der Waals surface area contributed by atoms with Crippen molar-refractivity contribution in [2.45, 2.75) is 33.6 Å². The number of aromatic nitrogens is 3. The molecule has 4 nitrogen and oxygen atoms in total. The quantitative estimate of drug-likeness (QED) is 0.786. The zero-order valence-corrected chi connectivity index (χ0v) is 14.3. The van der Waals surface area contributed by atoms with Crippen molar-refractivity contribution < 1.29 is 0 Å². The van der Waals surface area contributed by atoms with E-state index in [1.165, 1.54) is 11.1 Å². The fourth-order valence-electron chi connectivity index (χ4n) is 3.00. The third kappa shape index (κ3) is 2.99. The van der Waals surface area contributed by atoms with Gasteiger partial charge < -0.3 is 5.32 Å². The monoisotopic (exact) mass is 308 g/mol. The summed E-state index contributed by atoms with van der Waals surface area (Å²) in [6, 6.07) is 10.8. The molecule has 0 amide bonds. The highest BCUT2D eigenvalue weighted by Gasteiger charge is 2.14. The Morgan fingerprint density at radius 1 is 1.09 bits per heavy atom. The molecule has 0 saturated carbocycles. The van der Waals surface area contributed by atoms with Crippen LogP contribution in [-0.2, 0) is 12.8 Å². The fraction of sp³-hybridized carbons (Fsp3) is 0.368. The summed E-state index contributed by atoms with van der Waals surface area (Å²) in [6.07, 6.45) is 1.93. The average Bonchev–Trinajstić information content (AvgIpc) is 2.92. The van der Waals surface area contributed by atoms with Crippen LogP contribution in [0.4, 0.5) is 0 Å². The smallest absolute Gasteiger partial charge is 0.165 e. The lowest BCUT2D eigenvalue weighted by Gasteiger charge is -2.09. The average molecular weight is 308 g/mol. The maximum atomic E-state index is 4.81. The van der Waals surface area contributed by atoms with Crippen LogP contribution in [-0.4, -0.2) is 28.1 Å². The van der Waals surface area contributed by atoms with Crippen molar-refractivity contribution in [3.63, 3.8) is 0 Å². The molecule has 1 N–H and O–H groups in total. The molecule has 23 heavy (non-hydrogen) atoms. The van der Waals surface area contributed by atoms with Crippen LogP contribution in [0.25, 0.3) is 16.9 Å². The molecule has 0 aliphatic rings. The first kappa shape index (κ1) is 15.7. The van der Waals surface area contributed by atoms with Gasteiger partial charge in [0.05, 0.1) is 0 Å². The summed E-state index contributed by atoms with van der Waals surface area (Å²) in [5, 5.41) is 3.19. The summed E-state index contributed by atoms with van der Waals surface area (Å²) in [7, 11) is 1.98. The SMILES string of the molecule is CCc1nc2c(C)cc(C)nc2n1-c1ccc(CCNC)cc1. The molecule has 0 atom stereocenters. The second-order valence-corrected chi connectivity index (χ2v) is 5.99. The third-order valence-electron chi connectivity index (χ3n) is 4.18. The number of rotatable bonds is 5. The number of nitrogens with one attached hydrogen (secondary N) is 1. The highest BCUT2D eigenvalue weighted by Crippen LogP contribution is 2.24. The Kier molecular flexibility index (Phi) is 4.44. The molecule has 0 aliphatic carbocycles. The number of nitrogens with zero attached hydrogens (tertiary/aromatic N) is 3. The molecule has 4 heteroatoms. The van der Waals surface area contributed by atoms with Gasteiger partial charge in [-0.3, -0.25) is 4.57 Å². The molecule has 1 aromatic carbocycles. The molecule has 0 bridgehead atoms. The first-order valence-electron chi connectivity index (χ1n) is 8.23. The summed E-state index contributed by atoms with van der Waals surface area (Å²) in [5.41, 5.74) is 6.66. The van der Waals surface area contributed by atoms with Gasteiger partial charge in [0.1, 0.15) is 11.3 Å². The molecule has 2 heterocycles. The van der Waals surface area contributed by atoms with Gasteiger partial charge in [0.2, 0.25) is 0 Å². The van der Waals surface area contributed by atoms with Gasteiger partial charge in [0.25, 0.3) is 0 Å². The number of likely N-dealkylation sites (N-methyl/N-ethyl adjacent to an activating group) is 1. The van der Waals surface area contributed by atoms with Crippen LogP contribution in [0.1, 0.15) is 29.6 Å². The van der Waals surface area contributed by atoms with E-state index >= 15 is 0 Å². The number of benzene rings is 1. The molecule has 0 saturated heterocycles. The normalized spacial score (nSPS) is 11.3. The van der Waals surface area contributed by atoms with E-state index in [-0.39, 0.29) is 0 Å². The lowest BCUT2D eigenvalue weighted by molar-refractivity contribution is 0.791. The standard InChI is InChI=1S/C19H24N4/c1-5-17-22-18-13(2)12-14(3)21-19(18)23(17)16-8-6-15(7-9-16)10-11-20-4/h6-9,12,20H,5,10-11H2,1-4H3. The fourth-order valence-corrected chi connectivity index (χ4v) is 3.00. The Balaban J connectivity index is 2.11. The van der Waals surface area contributed by atoms with Gasteiger partial charge in [-0.05, 0) is 63.2 Å². The molecule has 0 fully saturated rings. The van der Waals surface area contributed by atoms with Crippen molar-refractivity contribution >= 4 is 11.2 Å². The largest absolute Gasteiger partial charge is 0.319 e. The van der Waals surface area contributed by atoms with E-state index in [9.17, 15) is 0 Å². The maximum Gasteiger partial charge on any atom is 0.165 e. The molecule has 0 aliphatic heterocycles. The van der Waals surface area contributed by atoms with Crippen LogP contribution >= 0.6 is 0 Å². The third-order valence-corrected chi connectivity index (χ3v) is 4.18. The van der Waals surface area contributed by atoms with Gasteiger partial charge in [0, 0.05) is 17.8 Å². The number of fused-ring (bicyclic) bond motifs is 1. The maximum absolute atomic E-state index is 4.81. The van der Waals surface area contributed by atoms with Gasteiger partial charge in [-0.2, -0.15) is 0 Å². The van der Waals surface area contributed by atoms with E-state index in [4.69, 9.17) is 9.97 Å². The van der Waals surface area contributed by atoms with E-state index in [1.807, 2.05) is 14.0 Å². The molecule has 3 rings (SSSR count). The Morgan fingerprint density at radius 2 is 1.83 bits per heavy atom. The second kappa shape index (κ2) is 6.50. The van der Waals surface area contributed by atoms with Crippen molar-refractivity contribution in [3.05, 3.63) is 53.0 Å². The lowest BCUT2D eigenvalue weighted by atomic mass is 10.1. The van der Waals surface area contributed by atoms with Crippen molar-refractivity contribution in [2.75, 3.05) is 13.6 Å². The first-order chi connectivity index (χ1) is 11.1. The van der Waals surface area contributed by atoms with Crippen LogP contribution in [0.3, 0.4) is 0 Å². The van der Waals surface area contributed by atoms with Crippen molar-refractivity contribution in [1.29, 1.82) is 0 Å². The molecule has 0 radical (unpaired) electrons. The first-order valence-corrected chi connectivity index (χ1v) is 8.23. The Labute approximate surface area is 137 Å². The van der Waals surface area contributed by atoms with Crippen molar-refractivity contribution in [1.82, 2.24) is 19.9 Å². The van der Waals surface area contributed by atoms with Crippen LogP contribution in [0.15, 0.2) is 30.3 Å². The van der Waals surface area contributed by atoms with Crippen molar-refractivity contribution in [3.8, 4) is 5.69 Å². The minimum atomic E-state index is 0.885. The lowest BCUT2D eigenvalue weighted by Crippen LogP contribution is -2.10. The number of aryl methyl sites for hydroxylation is 3. The summed E-state index contributed by atoms with van der Waals surface area (Å²) < 4.78 is 2.19. The van der Waals surface area contributed by atoms with Crippen LogP contribution in [0.5, 0.6) is 0 Å². The minimum absolute atomic E-state index is 0.885. The Morgan fingerprint density at radius 3 is 2.48 bits per heavy atom. The second-order valence-electron chi connectivity index (χ2n) is 5.99. The van der Waals surface area contributed by atoms with Gasteiger partial charge in [-0.25, -0.2) is 9.97 Å². The highest BCUT2D eigenvalue weighted by atomic mass is 15.1. The summed E-state index contributed by atoms with van der Waals surface area (Å²) in [5.74, 6) is 1.06. The summed E-state index contributed by atoms with van der Waals surface area (Å²) in [6.45, 7) is 7.28. The predicted octanol–water partition coefficient (Wildman–Crippen LogP) is 3.36. The highest BCUT2D eigenvalue weighted by molar-refractivity contribution is 5.78. The van der Waals surface area contributed by atoms with Gasteiger partial charge in [-0.15, -0.1) is 0 Å². The van der Waals surface area contributed by atoms with Gasteiger partial charge in [0.15, 0.2) is 5.65 Å². The molecule has 0 unspecified atom stereocenters. The molecular weight excluding hydrogens is 284 g/mol. The topological polar surface area (TPSA) is 42.7 Å². The van der Waals surface area contributed by atoms with E-state index in [2.05, 4.69) is 54.1 Å². The number of hydrogen-bond donors (Lipinski definition) is 1. The molecular formula is C19H24N4. The van der Waals surface area contributed by atoms with Gasteiger partial charge in [-0.1, -0.05) is 19.1 Å². The molecule has 2 aromatic heterocycles. The zero-order chi connectivity index (χ0) is 16.4. The van der Waals surface area contributed by atoms with E-state index < -0.39 is 0 Å². The van der Waals surface area contributed by atoms with E-state index in [0.29, 0.717) is 0 Å². The Bertz CT molecular complexity index is 815. The van der Waals surface area contributed by atoms with E-state index in [0.717, 1.165) is 47.8 Å². The van der Waals surface area contributed by atoms with E-state index in [1.54, 1.807) is 0 Å². The number of imidazole rings is 1. The molecule has 3 aromatic rings. The van der Waals surface area contributed by atoms with Gasteiger partial charge >= 0.3 is 0 Å². The Hall–Kier alpha value is -2.20. The predicted molar refractivity (Wildman–Crippen MR) is 95.3 cm³/mol. The molecule has 0 spiro atoms. The molecule has 120 valence electrons. The number of pyridine rings is 1.